The zero-order chi connectivity index (χ0) is 29.0. The Morgan fingerprint density at radius 3 is 2.22 bits per heavy atom. The summed E-state index contributed by atoms with van der Waals surface area (Å²) in [5, 5.41) is 4.81. The number of para-hydroxylation sites is 1. The largest absolute Gasteiger partial charge is 0.457 e. The SMILES string of the molecule is C=CC(=O)OCOc1ccc(C(=O)Oc2ccc(OCOC(=O)C=C)cc2/C=N/Nc2nc3ccccc3s2)cc1. The Balaban J connectivity index is 1.46. The van der Waals surface area contributed by atoms with E-state index in [-0.39, 0.29) is 24.9 Å². The van der Waals surface area contributed by atoms with E-state index in [1.165, 1.54) is 47.9 Å². The van der Waals surface area contributed by atoms with E-state index in [1.54, 1.807) is 12.1 Å². The number of thiazole rings is 1. The molecular weight excluding hydrogens is 550 g/mol. The van der Waals surface area contributed by atoms with Crippen molar-refractivity contribution in [2.75, 3.05) is 19.0 Å². The molecule has 0 aliphatic carbocycles. The lowest BCUT2D eigenvalue weighted by Crippen LogP contribution is -2.11. The highest BCUT2D eigenvalue weighted by molar-refractivity contribution is 7.22. The number of nitrogens with zero attached hydrogens (tertiary/aromatic N) is 2. The van der Waals surface area contributed by atoms with Crippen molar-refractivity contribution in [1.29, 1.82) is 0 Å². The van der Waals surface area contributed by atoms with Crippen molar-refractivity contribution < 1.29 is 38.1 Å². The van der Waals surface area contributed by atoms with Gasteiger partial charge in [0, 0.05) is 17.7 Å². The van der Waals surface area contributed by atoms with Crippen molar-refractivity contribution >= 4 is 50.8 Å². The Bertz CT molecular complexity index is 1560. The molecule has 11 nitrogen and oxygen atoms in total. The van der Waals surface area contributed by atoms with Gasteiger partial charge < -0.3 is 23.7 Å². The molecule has 0 unspecified atom stereocenters. The number of esters is 3. The quantitative estimate of drug-likeness (QED) is 0.0575. The molecule has 0 saturated carbocycles. The first kappa shape index (κ1) is 28.5. The molecule has 12 heteroatoms. The number of ether oxygens (including phenoxy) is 5. The van der Waals surface area contributed by atoms with E-state index in [4.69, 9.17) is 23.7 Å². The van der Waals surface area contributed by atoms with Gasteiger partial charge in [0.2, 0.25) is 18.7 Å². The van der Waals surface area contributed by atoms with Crippen LogP contribution in [0.25, 0.3) is 10.2 Å². The molecular formula is C29H23N3O8S. The van der Waals surface area contributed by atoms with Crippen LogP contribution in [0.4, 0.5) is 5.13 Å². The van der Waals surface area contributed by atoms with Crippen LogP contribution in [0.15, 0.2) is 97.1 Å². The fourth-order valence-corrected chi connectivity index (χ4v) is 3.98. The molecule has 0 aliphatic heterocycles. The molecule has 1 aromatic heterocycles. The summed E-state index contributed by atoms with van der Waals surface area (Å²) in [5.41, 5.74) is 4.35. The maximum Gasteiger partial charge on any atom is 0.343 e. The minimum absolute atomic E-state index is 0.192. The number of hydrogen-bond acceptors (Lipinski definition) is 12. The van der Waals surface area contributed by atoms with Crippen LogP contribution in [0.1, 0.15) is 15.9 Å². The van der Waals surface area contributed by atoms with Crippen LogP contribution in [0.2, 0.25) is 0 Å². The highest BCUT2D eigenvalue weighted by atomic mass is 32.1. The lowest BCUT2D eigenvalue weighted by atomic mass is 10.2. The second-order valence-corrected chi connectivity index (χ2v) is 8.86. The average molecular weight is 574 g/mol. The lowest BCUT2D eigenvalue weighted by molar-refractivity contribution is -0.145. The number of hydrazone groups is 1. The van der Waals surface area contributed by atoms with Gasteiger partial charge >= 0.3 is 17.9 Å². The first-order valence-corrected chi connectivity index (χ1v) is 12.7. The van der Waals surface area contributed by atoms with E-state index >= 15 is 0 Å². The van der Waals surface area contributed by atoms with Crippen LogP contribution >= 0.6 is 11.3 Å². The van der Waals surface area contributed by atoms with E-state index in [1.807, 2.05) is 24.3 Å². The summed E-state index contributed by atoms with van der Waals surface area (Å²) >= 11 is 1.43. The molecule has 0 aliphatic rings. The molecule has 1 N–H and O–H groups in total. The zero-order valence-electron chi connectivity index (χ0n) is 21.5. The highest BCUT2D eigenvalue weighted by Gasteiger charge is 2.13. The third kappa shape index (κ3) is 8.25. The summed E-state index contributed by atoms with van der Waals surface area (Å²) in [6.07, 6.45) is 3.49. The molecule has 41 heavy (non-hydrogen) atoms. The van der Waals surface area contributed by atoms with Crippen LogP contribution in [0.5, 0.6) is 17.2 Å². The number of nitrogens with one attached hydrogen (secondary N) is 1. The molecule has 3 aromatic carbocycles. The summed E-state index contributed by atoms with van der Waals surface area (Å²) in [6.45, 7) is 5.99. The topological polar surface area (TPSA) is 135 Å². The molecule has 1 heterocycles. The Morgan fingerprint density at radius 2 is 1.54 bits per heavy atom. The number of rotatable bonds is 13. The first-order valence-electron chi connectivity index (χ1n) is 11.9. The van der Waals surface area contributed by atoms with E-state index in [2.05, 4.69) is 28.7 Å². The molecule has 208 valence electrons. The van der Waals surface area contributed by atoms with Gasteiger partial charge in [-0.3, -0.25) is 5.43 Å². The Kier molecular flexibility index (Phi) is 9.78. The lowest BCUT2D eigenvalue weighted by Gasteiger charge is -2.11. The van der Waals surface area contributed by atoms with Crippen molar-refractivity contribution in [2.45, 2.75) is 0 Å². The van der Waals surface area contributed by atoms with Gasteiger partial charge in [0.25, 0.3) is 0 Å². The smallest absolute Gasteiger partial charge is 0.343 e. The Hall–Kier alpha value is -5.49. The molecule has 0 spiro atoms. The number of fused-ring (bicyclic) bond motifs is 1. The monoisotopic (exact) mass is 573 g/mol. The van der Waals surface area contributed by atoms with E-state index in [0.717, 1.165) is 22.4 Å². The van der Waals surface area contributed by atoms with E-state index in [9.17, 15) is 14.4 Å². The maximum absolute atomic E-state index is 12.9. The second kappa shape index (κ2) is 14.1. The summed E-state index contributed by atoms with van der Waals surface area (Å²) in [5.74, 6) is -0.984. The number of benzene rings is 3. The highest BCUT2D eigenvalue weighted by Crippen LogP contribution is 2.27. The van der Waals surface area contributed by atoms with Crippen molar-refractivity contribution in [3.8, 4) is 17.2 Å². The molecule has 4 aromatic rings. The van der Waals surface area contributed by atoms with Gasteiger partial charge in [0.05, 0.1) is 22.0 Å². The van der Waals surface area contributed by atoms with Crippen molar-refractivity contribution in [3.05, 3.63) is 103 Å². The summed E-state index contributed by atoms with van der Waals surface area (Å²) < 4.78 is 27.0. The van der Waals surface area contributed by atoms with E-state index in [0.29, 0.717) is 22.2 Å². The number of carbonyl (C=O) groups is 3. The van der Waals surface area contributed by atoms with Gasteiger partial charge in [0.15, 0.2) is 0 Å². The summed E-state index contributed by atoms with van der Waals surface area (Å²) in [4.78, 5) is 39.7. The molecule has 4 rings (SSSR count). The molecule has 0 amide bonds. The fourth-order valence-electron chi connectivity index (χ4n) is 3.16. The van der Waals surface area contributed by atoms with Gasteiger partial charge in [0.1, 0.15) is 17.2 Å². The van der Waals surface area contributed by atoms with Gasteiger partial charge in [-0.05, 0) is 54.6 Å². The predicted octanol–water partition coefficient (Wildman–Crippen LogP) is 5.09. The van der Waals surface area contributed by atoms with Crippen LogP contribution < -0.4 is 19.6 Å². The van der Waals surface area contributed by atoms with Gasteiger partial charge in [-0.2, -0.15) is 5.10 Å². The number of hydrogen-bond donors (Lipinski definition) is 1. The summed E-state index contributed by atoms with van der Waals surface area (Å²) in [6, 6.07) is 18.4. The summed E-state index contributed by atoms with van der Waals surface area (Å²) in [7, 11) is 0. The first-order chi connectivity index (χ1) is 19.9. The fraction of sp³-hybridized carbons (Fsp3) is 0.0690. The van der Waals surface area contributed by atoms with Gasteiger partial charge in [-0.1, -0.05) is 36.6 Å². The van der Waals surface area contributed by atoms with E-state index < -0.39 is 17.9 Å². The normalized spacial score (nSPS) is 10.5. The average Bonchev–Trinajstić information content (AvgIpc) is 3.41. The van der Waals surface area contributed by atoms with Crippen LogP contribution in [-0.2, 0) is 19.1 Å². The Morgan fingerprint density at radius 1 is 0.878 bits per heavy atom. The third-order valence-corrected chi connectivity index (χ3v) is 6.06. The number of anilines is 1. The molecule has 0 atom stereocenters. The van der Waals surface area contributed by atoms with Crippen LogP contribution in [0.3, 0.4) is 0 Å². The number of aromatic nitrogens is 1. The predicted molar refractivity (Wildman–Crippen MR) is 152 cm³/mol. The van der Waals surface area contributed by atoms with Gasteiger partial charge in [-0.15, -0.1) is 0 Å². The Labute approximate surface area is 238 Å². The maximum atomic E-state index is 12.9. The van der Waals surface area contributed by atoms with Crippen LogP contribution in [-0.4, -0.2) is 42.7 Å². The minimum Gasteiger partial charge on any atom is -0.457 e. The standard InChI is InChI=1S/C29H23N3O8S/c1-3-26(33)38-17-36-21-11-9-19(10-12-21)28(35)40-24-14-13-22(37-18-39-27(34)4-2)15-20(24)16-30-32-29-31-23-7-5-6-8-25(23)41-29/h3-16H,1-2,17-18H2,(H,31,32)/b30-16+. The third-order valence-electron chi connectivity index (χ3n) is 5.12. The minimum atomic E-state index is -0.642. The van der Waals surface area contributed by atoms with Gasteiger partial charge in [-0.25, -0.2) is 19.4 Å². The zero-order valence-corrected chi connectivity index (χ0v) is 22.3. The number of carbonyl (C=O) groups excluding carboxylic acids is 3. The molecule has 0 radical (unpaired) electrons. The van der Waals surface area contributed by atoms with Crippen molar-refractivity contribution in [3.63, 3.8) is 0 Å². The second-order valence-electron chi connectivity index (χ2n) is 7.83. The van der Waals surface area contributed by atoms with Crippen molar-refractivity contribution in [1.82, 2.24) is 4.98 Å². The molecule has 0 saturated heterocycles. The van der Waals surface area contributed by atoms with Crippen LogP contribution in [0, 0.1) is 0 Å². The molecule has 0 bridgehead atoms. The molecule has 0 fully saturated rings. The van der Waals surface area contributed by atoms with Crippen molar-refractivity contribution in [2.24, 2.45) is 5.10 Å².